The number of carbonyl (C=O) groups excluding carboxylic acids is 3. The predicted molar refractivity (Wildman–Crippen MR) is 108 cm³/mol. The van der Waals surface area contributed by atoms with Crippen LogP contribution >= 0.6 is 0 Å². The Kier molecular flexibility index (Phi) is 8.44. The van der Waals surface area contributed by atoms with Crippen LogP contribution in [-0.4, -0.2) is 35.0 Å². The van der Waals surface area contributed by atoms with E-state index in [0.717, 1.165) is 11.1 Å². The van der Waals surface area contributed by atoms with E-state index >= 15 is 0 Å². The maximum Gasteiger partial charge on any atom is 1.00 e. The fraction of sp³-hybridized carbons (Fsp3) is 0.208. The first-order valence-corrected chi connectivity index (χ1v) is 9.89. The van der Waals surface area contributed by atoms with E-state index in [1.165, 1.54) is 4.90 Å². The van der Waals surface area contributed by atoms with Crippen LogP contribution in [0, 0.1) is 0 Å². The van der Waals surface area contributed by atoms with Gasteiger partial charge in [0, 0.05) is 5.57 Å². The fourth-order valence-electron chi connectivity index (χ4n) is 3.57. The summed E-state index contributed by atoms with van der Waals surface area (Å²) in [6.07, 6.45) is 2.82. The van der Waals surface area contributed by atoms with E-state index in [4.69, 9.17) is 9.47 Å². The molecule has 2 aliphatic heterocycles. The molecule has 0 spiro atoms. The van der Waals surface area contributed by atoms with Gasteiger partial charge in [-0.25, -0.2) is 4.79 Å². The third kappa shape index (κ3) is 5.39. The van der Waals surface area contributed by atoms with Gasteiger partial charge in [0.1, 0.15) is 12.4 Å². The number of hydrogen-bond acceptors (Lipinski definition) is 6. The molecule has 0 aromatic heterocycles. The fourth-order valence-corrected chi connectivity index (χ4v) is 3.57. The van der Waals surface area contributed by atoms with Gasteiger partial charge < -0.3 is 19.4 Å². The zero-order valence-electron chi connectivity index (χ0n) is 17.6. The summed E-state index contributed by atoms with van der Waals surface area (Å²) >= 11 is 0. The second-order valence-electron chi connectivity index (χ2n) is 7.22. The number of aliphatic carboxylic acids is 1. The van der Waals surface area contributed by atoms with Crippen LogP contribution in [-0.2, 0) is 30.5 Å². The molecular weight excluding hydrogens is 437 g/mol. The molecule has 7 nitrogen and oxygen atoms in total. The van der Waals surface area contributed by atoms with Gasteiger partial charge in [0.25, 0.3) is 0 Å². The molecule has 2 aromatic carbocycles. The van der Waals surface area contributed by atoms with Crippen molar-refractivity contribution in [2.24, 2.45) is 0 Å². The molecular formula is C24H20KNO6. The number of carbonyl (C=O) groups is 3. The van der Waals surface area contributed by atoms with Crippen molar-refractivity contribution in [1.82, 2.24) is 4.90 Å². The topological polar surface area (TPSA) is 96.0 Å². The summed E-state index contributed by atoms with van der Waals surface area (Å²) in [5.41, 5.74) is 1.49. The summed E-state index contributed by atoms with van der Waals surface area (Å²) in [6.45, 7) is 0.00468. The van der Waals surface area contributed by atoms with Gasteiger partial charge in [-0.3, -0.25) is 9.69 Å². The average Bonchev–Trinajstić information content (AvgIpc) is 3.08. The maximum absolute atomic E-state index is 12.8. The van der Waals surface area contributed by atoms with Gasteiger partial charge in [-0.05, 0) is 17.5 Å². The second kappa shape index (κ2) is 11.1. The molecule has 2 aliphatic rings. The van der Waals surface area contributed by atoms with E-state index in [2.05, 4.69) is 0 Å². The molecule has 2 heterocycles. The molecule has 0 saturated carbocycles. The van der Waals surface area contributed by atoms with Crippen molar-refractivity contribution in [2.75, 3.05) is 0 Å². The molecule has 1 amide bonds. The maximum atomic E-state index is 12.8. The van der Waals surface area contributed by atoms with Gasteiger partial charge in [0.15, 0.2) is 12.3 Å². The number of hydrogen-bond donors (Lipinski definition) is 0. The molecule has 2 fully saturated rings. The Bertz CT molecular complexity index is 1050. The summed E-state index contributed by atoms with van der Waals surface area (Å²) in [6, 6.07) is 17.2. The van der Waals surface area contributed by atoms with Crippen LogP contribution in [0.1, 0.15) is 24.0 Å². The third-order valence-electron chi connectivity index (χ3n) is 5.16. The molecule has 8 heteroatoms. The smallest absolute Gasteiger partial charge is 0.545 e. The molecule has 1 unspecified atom stereocenters. The summed E-state index contributed by atoms with van der Waals surface area (Å²) in [5.74, 6) is -2.57. The Hall–Kier alpha value is -2.23. The number of carboxylic acid groups (broad SMARTS) is 1. The number of nitrogens with zero attached hydrogens (tertiary/aromatic N) is 1. The molecule has 0 bridgehead atoms. The average molecular weight is 458 g/mol. The zero-order valence-corrected chi connectivity index (χ0v) is 20.7. The minimum atomic E-state index is -1.46. The Morgan fingerprint density at radius 3 is 2.38 bits per heavy atom. The van der Waals surface area contributed by atoms with Crippen LogP contribution in [0.15, 0.2) is 78.1 Å². The number of β-lactam (4-membered cyclic amide) rings is 1. The van der Waals surface area contributed by atoms with Crippen molar-refractivity contribution < 1.29 is 80.3 Å². The number of amides is 1. The summed E-state index contributed by atoms with van der Waals surface area (Å²) in [7, 11) is 0. The van der Waals surface area contributed by atoms with Crippen molar-refractivity contribution in [3.63, 3.8) is 0 Å². The summed E-state index contributed by atoms with van der Waals surface area (Å²) in [5, 5.41) is 11.9. The number of ether oxygens (including phenoxy) is 2. The largest absolute Gasteiger partial charge is 1.00 e. The van der Waals surface area contributed by atoms with Crippen LogP contribution in [0.2, 0.25) is 0 Å². The molecule has 4 rings (SSSR count). The van der Waals surface area contributed by atoms with Gasteiger partial charge in [-0.2, -0.15) is 0 Å². The van der Waals surface area contributed by atoms with E-state index in [1.54, 1.807) is 24.3 Å². The van der Waals surface area contributed by atoms with Crippen molar-refractivity contribution in [1.29, 1.82) is 0 Å². The molecule has 2 saturated heterocycles. The van der Waals surface area contributed by atoms with Crippen LogP contribution in [0.3, 0.4) is 0 Å². The molecule has 0 aliphatic carbocycles. The van der Waals surface area contributed by atoms with Crippen molar-refractivity contribution in [3.8, 4) is 0 Å². The first-order valence-electron chi connectivity index (χ1n) is 9.89. The van der Waals surface area contributed by atoms with E-state index < -0.39 is 24.2 Å². The van der Waals surface area contributed by atoms with Gasteiger partial charge in [-0.1, -0.05) is 72.8 Å². The first-order chi connectivity index (χ1) is 15.0. The van der Waals surface area contributed by atoms with E-state index in [1.807, 2.05) is 48.5 Å². The monoisotopic (exact) mass is 457 g/mol. The first kappa shape index (κ1) is 24.4. The molecule has 0 N–H and O–H groups in total. The normalized spacial score (nSPS) is 20.6. The van der Waals surface area contributed by atoms with E-state index in [9.17, 15) is 19.5 Å². The summed E-state index contributed by atoms with van der Waals surface area (Å²) < 4.78 is 11.0. The van der Waals surface area contributed by atoms with E-state index in [0.29, 0.717) is 0 Å². The van der Waals surface area contributed by atoms with Crippen molar-refractivity contribution >= 4 is 23.9 Å². The molecule has 158 valence electrons. The number of allylic oxidation sites excluding steroid dienone is 1. The Labute approximate surface area is 228 Å². The number of fused-ring (bicyclic) bond motifs is 1. The zero-order chi connectivity index (χ0) is 21.8. The van der Waals surface area contributed by atoms with Gasteiger partial charge in [0.05, 0.1) is 12.4 Å². The Morgan fingerprint density at radius 2 is 1.75 bits per heavy atom. The quantitative estimate of drug-likeness (QED) is 0.224. The van der Waals surface area contributed by atoms with Crippen LogP contribution in [0.25, 0.3) is 6.08 Å². The van der Waals surface area contributed by atoms with Crippen molar-refractivity contribution in [2.45, 2.75) is 31.7 Å². The van der Waals surface area contributed by atoms with Gasteiger partial charge >= 0.3 is 57.4 Å². The molecule has 32 heavy (non-hydrogen) atoms. The van der Waals surface area contributed by atoms with Crippen LogP contribution in [0.4, 0.5) is 0 Å². The predicted octanol–water partition coefficient (Wildman–Crippen LogP) is -1.20. The SMILES string of the molecule is O=C([O-])C(CC=Cc1ccccc1)=C1O[C@@H]2CC(=O)N2C1C(=O)OCc1ccccc1.[K+]. The number of rotatable bonds is 7. The van der Waals surface area contributed by atoms with Crippen LogP contribution < -0.4 is 56.5 Å². The van der Waals surface area contributed by atoms with Crippen molar-refractivity contribution in [3.05, 3.63) is 89.2 Å². The third-order valence-corrected chi connectivity index (χ3v) is 5.16. The second-order valence-corrected chi connectivity index (χ2v) is 7.22. The Morgan fingerprint density at radius 1 is 1.09 bits per heavy atom. The molecule has 2 atom stereocenters. The summed E-state index contributed by atoms with van der Waals surface area (Å²) in [4.78, 5) is 38.0. The molecule has 0 radical (unpaired) electrons. The van der Waals surface area contributed by atoms with Gasteiger partial charge in [-0.15, -0.1) is 0 Å². The molecule has 2 aromatic rings. The number of benzene rings is 2. The Balaban J connectivity index is 0.00000289. The van der Waals surface area contributed by atoms with Gasteiger partial charge in [0.2, 0.25) is 5.91 Å². The minimum absolute atomic E-state index is 0. The number of carboxylic acids is 1. The van der Waals surface area contributed by atoms with E-state index in [-0.39, 0.29) is 88.1 Å². The van der Waals surface area contributed by atoms with Crippen LogP contribution in [0.5, 0.6) is 0 Å². The standard InChI is InChI=1S/C24H21NO6.K/c26-19-14-20-25(19)21(24(29)30-15-17-10-5-2-6-11-17)22(31-20)18(23(27)28)13-7-12-16-8-3-1-4-9-16;/h1-12,20-21H,13-15H2,(H,27,28);/q;+1/p-1/t20-,21?;/m1./s1. The minimum Gasteiger partial charge on any atom is -0.545 e. The number of esters is 1.